The van der Waals surface area contributed by atoms with Gasteiger partial charge in [-0.1, -0.05) is 25.1 Å². The lowest BCUT2D eigenvalue weighted by Crippen LogP contribution is -2.12. The SMILES string of the molecule is CCCOc1ccc(N=CC(=O)Nc2ccccc2)c(O)c1. The van der Waals surface area contributed by atoms with E-state index in [1.165, 1.54) is 6.07 Å². The number of carbonyl (C=O) groups is 1. The summed E-state index contributed by atoms with van der Waals surface area (Å²) >= 11 is 0. The van der Waals surface area contributed by atoms with Crippen LogP contribution < -0.4 is 10.1 Å². The summed E-state index contributed by atoms with van der Waals surface area (Å²) in [6, 6.07) is 13.9. The number of hydrogen-bond donors (Lipinski definition) is 2. The maximum absolute atomic E-state index is 11.7. The molecule has 0 unspecified atom stereocenters. The zero-order chi connectivity index (χ0) is 15.8. The molecule has 22 heavy (non-hydrogen) atoms. The number of carbonyl (C=O) groups excluding carboxylic acids is 1. The number of ether oxygens (including phenoxy) is 1. The van der Waals surface area contributed by atoms with E-state index >= 15 is 0 Å². The Kier molecular flexibility index (Phi) is 5.54. The molecular weight excluding hydrogens is 280 g/mol. The van der Waals surface area contributed by atoms with Crippen molar-refractivity contribution in [3.8, 4) is 11.5 Å². The van der Waals surface area contributed by atoms with E-state index < -0.39 is 0 Å². The van der Waals surface area contributed by atoms with Crippen LogP contribution in [0.4, 0.5) is 11.4 Å². The minimum Gasteiger partial charge on any atom is -0.506 e. The van der Waals surface area contributed by atoms with Gasteiger partial charge in [-0.2, -0.15) is 0 Å². The van der Waals surface area contributed by atoms with Crippen molar-refractivity contribution in [3.05, 3.63) is 48.5 Å². The number of aliphatic imine (C=N–C) groups is 1. The maximum atomic E-state index is 11.7. The molecule has 0 atom stereocenters. The number of phenols is 1. The van der Waals surface area contributed by atoms with E-state index in [0.717, 1.165) is 12.6 Å². The first-order valence-corrected chi connectivity index (χ1v) is 7.05. The number of amides is 1. The third-order valence-corrected chi connectivity index (χ3v) is 2.78. The molecule has 2 N–H and O–H groups in total. The predicted molar refractivity (Wildman–Crippen MR) is 87.1 cm³/mol. The molecule has 0 saturated heterocycles. The molecule has 0 bridgehead atoms. The highest BCUT2D eigenvalue weighted by Crippen LogP contribution is 2.30. The molecule has 2 rings (SSSR count). The highest BCUT2D eigenvalue weighted by Gasteiger charge is 2.03. The summed E-state index contributed by atoms with van der Waals surface area (Å²) in [5, 5.41) is 12.5. The van der Waals surface area contributed by atoms with Crippen molar-refractivity contribution in [2.75, 3.05) is 11.9 Å². The van der Waals surface area contributed by atoms with Crippen LogP contribution in [0.3, 0.4) is 0 Å². The third kappa shape index (κ3) is 4.63. The van der Waals surface area contributed by atoms with Gasteiger partial charge in [0.05, 0.1) is 12.8 Å². The van der Waals surface area contributed by atoms with Gasteiger partial charge in [-0.3, -0.25) is 4.79 Å². The average molecular weight is 298 g/mol. The lowest BCUT2D eigenvalue weighted by molar-refractivity contribution is -0.109. The van der Waals surface area contributed by atoms with Crippen LogP contribution in [0.2, 0.25) is 0 Å². The second-order valence-corrected chi connectivity index (χ2v) is 4.61. The van der Waals surface area contributed by atoms with Crippen molar-refractivity contribution in [3.63, 3.8) is 0 Å². The molecule has 0 aliphatic rings. The Labute approximate surface area is 129 Å². The molecule has 0 spiro atoms. The van der Waals surface area contributed by atoms with Crippen LogP contribution in [0.15, 0.2) is 53.5 Å². The van der Waals surface area contributed by atoms with Crippen LogP contribution in [0.5, 0.6) is 11.5 Å². The zero-order valence-corrected chi connectivity index (χ0v) is 12.3. The van der Waals surface area contributed by atoms with Gasteiger partial charge in [-0.25, -0.2) is 4.99 Å². The van der Waals surface area contributed by atoms with E-state index in [-0.39, 0.29) is 11.7 Å². The number of benzene rings is 2. The first kappa shape index (κ1) is 15.6. The van der Waals surface area contributed by atoms with Gasteiger partial charge in [-0.05, 0) is 30.7 Å². The predicted octanol–water partition coefficient (Wildman–Crippen LogP) is 3.52. The van der Waals surface area contributed by atoms with Crippen LogP contribution in [0, 0.1) is 0 Å². The highest BCUT2D eigenvalue weighted by molar-refractivity contribution is 6.32. The van der Waals surface area contributed by atoms with E-state index in [1.807, 2.05) is 25.1 Å². The Morgan fingerprint density at radius 2 is 2.05 bits per heavy atom. The van der Waals surface area contributed by atoms with Crippen LogP contribution in [0.1, 0.15) is 13.3 Å². The quantitative estimate of drug-likeness (QED) is 0.801. The maximum Gasteiger partial charge on any atom is 0.266 e. The fourth-order valence-corrected chi connectivity index (χ4v) is 1.75. The van der Waals surface area contributed by atoms with E-state index in [4.69, 9.17) is 4.74 Å². The largest absolute Gasteiger partial charge is 0.506 e. The second-order valence-electron chi connectivity index (χ2n) is 4.61. The summed E-state index contributed by atoms with van der Waals surface area (Å²) < 4.78 is 5.40. The van der Waals surface area contributed by atoms with E-state index in [2.05, 4.69) is 10.3 Å². The number of phenolic OH excluding ortho intramolecular Hbond substituents is 1. The summed E-state index contributed by atoms with van der Waals surface area (Å²) in [5.41, 5.74) is 0.999. The smallest absolute Gasteiger partial charge is 0.266 e. The van der Waals surface area contributed by atoms with Gasteiger partial charge in [0.2, 0.25) is 0 Å². The monoisotopic (exact) mass is 298 g/mol. The summed E-state index contributed by atoms with van der Waals surface area (Å²) in [6.07, 6.45) is 2.02. The van der Waals surface area contributed by atoms with Gasteiger partial charge in [0, 0.05) is 11.8 Å². The van der Waals surface area contributed by atoms with Crippen molar-refractivity contribution in [1.82, 2.24) is 0 Å². The summed E-state index contributed by atoms with van der Waals surface area (Å²) in [5.74, 6) is 0.182. The minimum atomic E-state index is -0.364. The molecule has 0 fully saturated rings. The standard InChI is InChI=1S/C17H18N2O3/c1-2-10-22-14-8-9-15(16(20)11-14)18-12-17(21)19-13-6-4-3-5-7-13/h3-9,11-12,20H,2,10H2,1H3,(H,19,21). The molecule has 0 aliphatic heterocycles. The first-order valence-electron chi connectivity index (χ1n) is 7.05. The van der Waals surface area contributed by atoms with Crippen LogP contribution in [-0.4, -0.2) is 23.8 Å². The first-order chi connectivity index (χ1) is 10.7. The van der Waals surface area contributed by atoms with Crippen LogP contribution in [-0.2, 0) is 4.79 Å². The van der Waals surface area contributed by atoms with E-state index in [0.29, 0.717) is 23.7 Å². The average Bonchev–Trinajstić information content (AvgIpc) is 2.53. The van der Waals surface area contributed by atoms with Crippen LogP contribution in [0.25, 0.3) is 0 Å². The van der Waals surface area contributed by atoms with Crippen molar-refractivity contribution in [2.45, 2.75) is 13.3 Å². The number of hydrogen-bond acceptors (Lipinski definition) is 4. The lowest BCUT2D eigenvalue weighted by atomic mass is 10.3. The molecule has 0 radical (unpaired) electrons. The molecule has 2 aromatic rings. The highest BCUT2D eigenvalue weighted by atomic mass is 16.5. The number of anilines is 1. The normalized spacial score (nSPS) is 10.6. The van der Waals surface area contributed by atoms with Gasteiger partial charge in [0.25, 0.3) is 5.91 Å². The molecule has 0 aromatic heterocycles. The molecule has 2 aromatic carbocycles. The molecule has 5 nitrogen and oxygen atoms in total. The van der Waals surface area contributed by atoms with Gasteiger partial charge in [-0.15, -0.1) is 0 Å². The van der Waals surface area contributed by atoms with Crippen LogP contribution >= 0.6 is 0 Å². The van der Waals surface area contributed by atoms with Crippen molar-refractivity contribution < 1.29 is 14.6 Å². The zero-order valence-electron chi connectivity index (χ0n) is 12.3. The minimum absolute atomic E-state index is 0.0302. The van der Waals surface area contributed by atoms with Crippen molar-refractivity contribution in [2.24, 2.45) is 4.99 Å². The molecule has 0 saturated carbocycles. The fourth-order valence-electron chi connectivity index (χ4n) is 1.75. The molecule has 0 heterocycles. The Morgan fingerprint density at radius 3 is 2.73 bits per heavy atom. The Morgan fingerprint density at radius 1 is 1.27 bits per heavy atom. The summed E-state index contributed by atoms with van der Waals surface area (Å²) in [4.78, 5) is 15.7. The number of para-hydroxylation sites is 1. The van der Waals surface area contributed by atoms with Gasteiger partial charge in [0.15, 0.2) is 0 Å². The fraction of sp³-hybridized carbons (Fsp3) is 0.176. The number of rotatable bonds is 6. The van der Waals surface area contributed by atoms with Crippen molar-refractivity contribution >= 4 is 23.5 Å². The Bertz CT molecular complexity index is 654. The third-order valence-electron chi connectivity index (χ3n) is 2.78. The Hall–Kier alpha value is -2.82. The van der Waals surface area contributed by atoms with Gasteiger partial charge < -0.3 is 15.2 Å². The van der Waals surface area contributed by atoms with Gasteiger partial charge in [0.1, 0.15) is 17.2 Å². The molecule has 1 amide bonds. The molecule has 0 aliphatic carbocycles. The summed E-state index contributed by atoms with van der Waals surface area (Å²) in [7, 11) is 0. The molecular formula is C17H18N2O3. The Balaban J connectivity index is 1.99. The second kappa shape index (κ2) is 7.83. The number of nitrogens with one attached hydrogen (secondary N) is 1. The van der Waals surface area contributed by atoms with Crippen molar-refractivity contribution in [1.29, 1.82) is 0 Å². The van der Waals surface area contributed by atoms with E-state index in [9.17, 15) is 9.90 Å². The number of aromatic hydroxyl groups is 1. The lowest BCUT2D eigenvalue weighted by Gasteiger charge is -2.06. The molecule has 114 valence electrons. The number of nitrogens with zero attached hydrogens (tertiary/aromatic N) is 1. The topological polar surface area (TPSA) is 70.9 Å². The van der Waals surface area contributed by atoms with Gasteiger partial charge >= 0.3 is 0 Å². The van der Waals surface area contributed by atoms with E-state index in [1.54, 1.807) is 24.3 Å². The molecule has 5 heteroatoms. The summed E-state index contributed by atoms with van der Waals surface area (Å²) in [6.45, 7) is 2.59.